The Morgan fingerprint density at radius 1 is 0.833 bits per heavy atom. The molecule has 3 heterocycles. The van der Waals surface area contributed by atoms with Gasteiger partial charge >= 0.3 is 0 Å². The Kier molecular flexibility index (Phi) is 5.40. The lowest BCUT2D eigenvalue weighted by Gasteiger charge is -2.32. The molecule has 0 aliphatic carbocycles. The molecule has 1 aromatic heterocycles. The molecule has 2 aromatic carbocycles. The highest BCUT2D eigenvalue weighted by Gasteiger charge is 2.34. The summed E-state index contributed by atoms with van der Waals surface area (Å²) >= 11 is 1.86. The number of likely N-dealkylation sites (tertiary alicyclic amines) is 1. The second-order valence-corrected chi connectivity index (χ2v) is 9.23. The summed E-state index contributed by atoms with van der Waals surface area (Å²) in [6.45, 7) is 3.81. The lowest BCUT2D eigenvalue weighted by Crippen LogP contribution is -2.34. The van der Waals surface area contributed by atoms with Crippen molar-refractivity contribution in [3.05, 3.63) is 70.6 Å². The van der Waals surface area contributed by atoms with E-state index in [1.54, 1.807) is 12.1 Å². The van der Waals surface area contributed by atoms with E-state index in [4.69, 9.17) is 0 Å². The summed E-state index contributed by atoms with van der Waals surface area (Å²) in [4.78, 5) is 28.8. The van der Waals surface area contributed by atoms with Crippen molar-refractivity contribution in [1.29, 1.82) is 0 Å². The number of amides is 2. The Labute approximate surface area is 181 Å². The molecular weight excluding hydrogens is 392 g/mol. The maximum Gasteiger partial charge on any atom is 0.261 e. The van der Waals surface area contributed by atoms with E-state index in [0.29, 0.717) is 23.6 Å². The van der Waals surface area contributed by atoms with E-state index < -0.39 is 0 Å². The number of nitrogens with zero attached hydrogens (tertiary/aromatic N) is 2. The van der Waals surface area contributed by atoms with Gasteiger partial charge in [-0.1, -0.05) is 30.3 Å². The maximum absolute atomic E-state index is 12.4. The zero-order chi connectivity index (χ0) is 20.5. The number of hydrogen-bond acceptors (Lipinski definition) is 4. The zero-order valence-electron chi connectivity index (χ0n) is 17.0. The van der Waals surface area contributed by atoms with Gasteiger partial charge in [0.15, 0.2) is 0 Å². The first-order valence-corrected chi connectivity index (χ1v) is 11.7. The summed E-state index contributed by atoms with van der Waals surface area (Å²) in [5, 5.41) is 3.79. The molecule has 1 fully saturated rings. The van der Waals surface area contributed by atoms with Crippen molar-refractivity contribution in [3.63, 3.8) is 0 Å². The molecule has 4 nitrogen and oxygen atoms in total. The van der Waals surface area contributed by atoms with E-state index in [1.807, 2.05) is 23.5 Å². The molecular formula is C25H26N2O2S. The number of carbonyl (C=O) groups excluding carboxylic acids is 2. The van der Waals surface area contributed by atoms with E-state index in [2.05, 4.69) is 34.5 Å². The molecule has 2 amide bonds. The monoisotopic (exact) mass is 418 g/mol. The minimum absolute atomic E-state index is 0.139. The van der Waals surface area contributed by atoms with Crippen LogP contribution in [-0.2, 0) is 0 Å². The van der Waals surface area contributed by atoms with Crippen LogP contribution in [0.1, 0.15) is 57.9 Å². The van der Waals surface area contributed by atoms with Gasteiger partial charge in [0.1, 0.15) is 0 Å². The third kappa shape index (κ3) is 3.57. The van der Waals surface area contributed by atoms with Crippen molar-refractivity contribution in [3.8, 4) is 0 Å². The summed E-state index contributed by atoms with van der Waals surface area (Å²) in [7, 11) is 0. The zero-order valence-corrected chi connectivity index (χ0v) is 17.9. The van der Waals surface area contributed by atoms with Gasteiger partial charge in [0.25, 0.3) is 11.8 Å². The summed E-state index contributed by atoms with van der Waals surface area (Å²) in [5.41, 5.74) is 2.62. The van der Waals surface area contributed by atoms with E-state index in [0.717, 1.165) is 32.5 Å². The third-order valence-corrected chi connectivity index (χ3v) is 7.50. The van der Waals surface area contributed by atoms with Crippen LogP contribution in [0.2, 0.25) is 0 Å². The Bertz CT molecular complexity index is 1050. The normalized spacial score (nSPS) is 17.8. The van der Waals surface area contributed by atoms with Crippen LogP contribution in [0.3, 0.4) is 0 Å². The van der Waals surface area contributed by atoms with E-state index in [1.165, 1.54) is 33.4 Å². The molecule has 2 aliphatic heterocycles. The second-order valence-electron chi connectivity index (χ2n) is 8.32. The van der Waals surface area contributed by atoms with Crippen molar-refractivity contribution >= 4 is 33.2 Å². The van der Waals surface area contributed by atoms with Crippen LogP contribution >= 0.6 is 11.3 Å². The number of imide groups is 1. The predicted molar refractivity (Wildman–Crippen MR) is 121 cm³/mol. The number of fused-ring (bicyclic) bond motifs is 2. The van der Waals surface area contributed by atoms with Gasteiger partial charge in [-0.15, -0.1) is 11.3 Å². The van der Waals surface area contributed by atoms with Crippen LogP contribution in [0.4, 0.5) is 0 Å². The van der Waals surface area contributed by atoms with E-state index in [-0.39, 0.29) is 11.8 Å². The quantitative estimate of drug-likeness (QED) is 0.410. The molecule has 0 bridgehead atoms. The molecule has 0 N–H and O–H groups in total. The van der Waals surface area contributed by atoms with Crippen molar-refractivity contribution in [2.75, 3.05) is 26.2 Å². The van der Waals surface area contributed by atoms with Crippen molar-refractivity contribution < 1.29 is 9.59 Å². The molecule has 0 radical (unpaired) electrons. The molecule has 0 saturated carbocycles. The molecule has 0 atom stereocenters. The molecule has 3 aromatic rings. The number of thiophene rings is 1. The molecule has 154 valence electrons. The first kappa shape index (κ1) is 19.5. The molecule has 30 heavy (non-hydrogen) atoms. The van der Waals surface area contributed by atoms with Crippen molar-refractivity contribution in [2.45, 2.75) is 31.6 Å². The Morgan fingerprint density at radius 3 is 2.20 bits per heavy atom. The molecule has 5 heteroatoms. The fourth-order valence-corrected chi connectivity index (χ4v) is 5.87. The number of rotatable bonds is 6. The van der Waals surface area contributed by atoms with Crippen molar-refractivity contribution in [1.82, 2.24) is 9.80 Å². The Balaban J connectivity index is 1.08. The number of carbonyl (C=O) groups is 2. The second kappa shape index (κ2) is 8.32. The van der Waals surface area contributed by atoms with Crippen LogP contribution in [0, 0.1) is 0 Å². The van der Waals surface area contributed by atoms with Gasteiger partial charge in [0.2, 0.25) is 0 Å². The molecule has 2 aliphatic rings. The minimum Gasteiger partial charge on any atom is -0.303 e. The molecule has 0 unspecified atom stereocenters. The average Bonchev–Trinajstić information content (AvgIpc) is 3.32. The maximum atomic E-state index is 12.4. The SMILES string of the molecule is O=C1c2ccccc2C(=O)N1CCCCN1CCC(c2csc3ccccc23)CC1. The van der Waals surface area contributed by atoms with Gasteiger partial charge in [-0.2, -0.15) is 0 Å². The highest BCUT2D eigenvalue weighted by atomic mass is 32.1. The predicted octanol–water partition coefficient (Wildman–Crippen LogP) is 5.16. The van der Waals surface area contributed by atoms with Crippen LogP contribution in [0.5, 0.6) is 0 Å². The van der Waals surface area contributed by atoms with Gasteiger partial charge < -0.3 is 4.90 Å². The topological polar surface area (TPSA) is 40.6 Å². The fourth-order valence-electron chi connectivity index (χ4n) is 4.83. The molecule has 0 spiro atoms. The Hall–Kier alpha value is -2.50. The standard InChI is InChI=1S/C25H26N2O2S/c28-24-20-8-1-2-9-21(20)25(29)27(24)14-6-5-13-26-15-11-18(12-16-26)22-17-30-23-10-4-3-7-19(22)23/h1-4,7-10,17-18H,5-6,11-16H2. The van der Waals surface area contributed by atoms with Gasteiger partial charge in [-0.05, 0) is 85.8 Å². The summed E-state index contributed by atoms with van der Waals surface area (Å²) < 4.78 is 1.39. The fraction of sp³-hybridized carbons (Fsp3) is 0.360. The molecule has 1 saturated heterocycles. The van der Waals surface area contributed by atoms with Crippen LogP contribution in [0.15, 0.2) is 53.9 Å². The third-order valence-electron chi connectivity index (χ3n) is 6.52. The van der Waals surface area contributed by atoms with Crippen LogP contribution in [-0.4, -0.2) is 47.8 Å². The number of benzene rings is 2. The van der Waals surface area contributed by atoms with Crippen molar-refractivity contribution in [2.24, 2.45) is 0 Å². The lowest BCUT2D eigenvalue weighted by molar-refractivity contribution is 0.0649. The van der Waals surface area contributed by atoms with Gasteiger partial charge in [0, 0.05) is 11.2 Å². The van der Waals surface area contributed by atoms with Gasteiger partial charge in [-0.3, -0.25) is 14.5 Å². The highest BCUT2D eigenvalue weighted by molar-refractivity contribution is 7.17. The summed E-state index contributed by atoms with van der Waals surface area (Å²) in [6, 6.07) is 15.9. The van der Waals surface area contributed by atoms with E-state index in [9.17, 15) is 9.59 Å². The smallest absolute Gasteiger partial charge is 0.261 e. The van der Waals surface area contributed by atoms with E-state index >= 15 is 0 Å². The first-order valence-electron chi connectivity index (χ1n) is 10.9. The lowest BCUT2D eigenvalue weighted by atomic mass is 9.89. The van der Waals surface area contributed by atoms with Crippen LogP contribution in [0.25, 0.3) is 10.1 Å². The largest absolute Gasteiger partial charge is 0.303 e. The molecule has 5 rings (SSSR count). The van der Waals surface area contributed by atoms with Gasteiger partial charge in [0.05, 0.1) is 11.1 Å². The highest BCUT2D eigenvalue weighted by Crippen LogP contribution is 2.36. The average molecular weight is 419 g/mol. The summed E-state index contributed by atoms with van der Waals surface area (Å²) in [5.74, 6) is 0.384. The summed E-state index contributed by atoms with van der Waals surface area (Å²) in [6.07, 6.45) is 4.29. The first-order chi connectivity index (χ1) is 14.7. The number of hydrogen-bond donors (Lipinski definition) is 0. The van der Waals surface area contributed by atoms with Gasteiger partial charge in [-0.25, -0.2) is 0 Å². The van der Waals surface area contributed by atoms with Crippen LogP contribution < -0.4 is 0 Å². The Morgan fingerprint density at radius 2 is 1.47 bits per heavy atom. The number of piperidine rings is 1. The number of unbranched alkanes of at least 4 members (excludes halogenated alkanes) is 1. The minimum atomic E-state index is -0.139.